The average molecular weight is 271 g/mol. The van der Waals surface area contributed by atoms with E-state index in [2.05, 4.69) is 19.7 Å². The van der Waals surface area contributed by atoms with Crippen LogP contribution in [0.3, 0.4) is 0 Å². The third-order valence-corrected chi connectivity index (χ3v) is 1.89. The molecule has 1 rings (SSSR count). The van der Waals surface area contributed by atoms with Crippen molar-refractivity contribution in [2.45, 2.75) is 19.2 Å². The van der Waals surface area contributed by atoms with Gasteiger partial charge in [-0.25, -0.2) is 0 Å². The van der Waals surface area contributed by atoms with Gasteiger partial charge in [0.15, 0.2) is 6.10 Å². The van der Waals surface area contributed by atoms with Crippen LogP contribution < -0.4 is 9.64 Å². The fourth-order valence-electron chi connectivity index (χ4n) is 0.800. The van der Waals surface area contributed by atoms with Crippen LogP contribution in [0.5, 0.6) is 6.01 Å². The highest BCUT2D eigenvalue weighted by Gasteiger charge is 2.38. The molecular weight excluding hydrogens is 261 g/mol. The lowest BCUT2D eigenvalue weighted by molar-refractivity contribution is -0.190. The van der Waals surface area contributed by atoms with Gasteiger partial charge >= 0.3 is 12.2 Å². The second-order valence-electron chi connectivity index (χ2n) is 3.38. The standard InChI is InChI=1S/C8H10ClF3N4O/c1-4(8(10,11)12)17-7-14-5(9)13-6(15-7)16(2)3/h4H,1-3H3. The number of halogens is 4. The molecule has 0 aliphatic rings. The molecule has 0 saturated heterocycles. The van der Waals surface area contributed by atoms with Gasteiger partial charge in [-0.2, -0.15) is 28.1 Å². The van der Waals surface area contributed by atoms with Crippen LogP contribution >= 0.6 is 11.6 Å². The molecule has 0 bridgehead atoms. The molecule has 0 saturated carbocycles. The lowest BCUT2D eigenvalue weighted by Gasteiger charge is -2.17. The van der Waals surface area contributed by atoms with Crippen molar-refractivity contribution in [3.63, 3.8) is 0 Å². The number of hydrogen-bond donors (Lipinski definition) is 0. The zero-order valence-electron chi connectivity index (χ0n) is 9.29. The van der Waals surface area contributed by atoms with Crippen molar-refractivity contribution in [3.8, 4) is 6.01 Å². The van der Waals surface area contributed by atoms with E-state index in [0.717, 1.165) is 6.92 Å². The summed E-state index contributed by atoms with van der Waals surface area (Å²) >= 11 is 5.54. The number of aromatic nitrogens is 3. The first-order valence-corrected chi connectivity index (χ1v) is 4.90. The fourth-order valence-corrected chi connectivity index (χ4v) is 0.948. The van der Waals surface area contributed by atoms with E-state index < -0.39 is 18.3 Å². The summed E-state index contributed by atoms with van der Waals surface area (Å²) in [7, 11) is 3.23. The molecule has 0 fully saturated rings. The number of ether oxygens (including phenoxy) is 1. The Kier molecular flexibility index (Phi) is 3.97. The molecule has 5 nitrogen and oxygen atoms in total. The van der Waals surface area contributed by atoms with Crippen LogP contribution in [0.2, 0.25) is 5.28 Å². The van der Waals surface area contributed by atoms with E-state index >= 15 is 0 Å². The molecule has 1 unspecified atom stereocenters. The minimum atomic E-state index is -4.49. The minimum absolute atomic E-state index is 0.120. The van der Waals surface area contributed by atoms with Gasteiger partial charge in [-0.3, -0.25) is 0 Å². The summed E-state index contributed by atoms with van der Waals surface area (Å²) in [4.78, 5) is 12.3. The summed E-state index contributed by atoms with van der Waals surface area (Å²) < 4.78 is 41.3. The molecule has 96 valence electrons. The Bertz CT molecular complexity index is 399. The summed E-state index contributed by atoms with van der Waals surface area (Å²) in [6.07, 6.45) is -6.51. The van der Waals surface area contributed by atoms with Crippen LogP contribution in [0.15, 0.2) is 0 Å². The van der Waals surface area contributed by atoms with Gasteiger partial charge in [0.05, 0.1) is 0 Å². The lowest BCUT2D eigenvalue weighted by Crippen LogP contribution is -2.32. The Morgan fingerprint density at radius 2 is 1.82 bits per heavy atom. The third kappa shape index (κ3) is 3.88. The number of anilines is 1. The molecule has 0 aliphatic heterocycles. The average Bonchev–Trinajstić information content (AvgIpc) is 2.14. The second-order valence-corrected chi connectivity index (χ2v) is 3.72. The molecule has 0 spiro atoms. The molecule has 0 aromatic carbocycles. The molecule has 0 radical (unpaired) electrons. The highest BCUT2D eigenvalue weighted by Crippen LogP contribution is 2.24. The number of hydrogen-bond acceptors (Lipinski definition) is 5. The van der Waals surface area contributed by atoms with E-state index in [1.807, 2.05) is 0 Å². The Morgan fingerprint density at radius 1 is 1.24 bits per heavy atom. The third-order valence-electron chi connectivity index (χ3n) is 1.72. The predicted molar refractivity (Wildman–Crippen MR) is 55.3 cm³/mol. The molecule has 0 aliphatic carbocycles. The van der Waals surface area contributed by atoms with E-state index in [9.17, 15) is 13.2 Å². The summed E-state index contributed by atoms with van der Waals surface area (Å²) in [5.74, 6) is 0.120. The van der Waals surface area contributed by atoms with Crippen LogP contribution in [0.4, 0.5) is 19.1 Å². The molecule has 1 aromatic rings. The van der Waals surface area contributed by atoms with Crippen molar-refractivity contribution < 1.29 is 17.9 Å². The minimum Gasteiger partial charge on any atom is -0.451 e. The van der Waals surface area contributed by atoms with Crippen LogP contribution in [0.1, 0.15) is 6.92 Å². The maximum Gasteiger partial charge on any atom is 0.425 e. The molecule has 9 heteroatoms. The van der Waals surface area contributed by atoms with Gasteiger partial charge in [-0.1, -0.05) is 0 Å². The van der Waals surface area contributed by atoms with Crippen LogP contribution in [-0.4, -0.2) is 41.3 Å². The van der Waals surface area contributed by atoms with E-state index in [1.165, 1.54) is 4.90 Å². The lowest BCUT2D eigenvalue weighted by atomic mass is 10.4. The normalized spacial score (nSPS) is 13.4. The van der Waals surface area contributed by atoms with E-state index in [-0.39, 0.29) is 11.2 Å². The van der Waals surface area contributed by atoms with Gasteiger partial charge in [0.2, 0.25) is 11.2 Å². The first kappa shape index (κ1) is 13.8. The van der Waals surface area contributed by atoms with Gasteiger partial charge in [0.1, 0.15) is 0 Å². The Labute approximate surface area is 101 Å². The van der Waals surface area contributed by atoms with E-state index in [4.69, 9.17) is 11.6 Å². The second kappa shape index (κ2) is 4.91. The molecule has 0 amide bonds. The Hall–Kier alpha value is -1.31. The van der Waals surface area contributed by atoms with Crippen LogP contribution in [-0.2, 0) is 0 Å². The van der Waals surface area contributed by atoms with Crippen LogP contribution in [0.25, 0.3) is 0 Å². The van der Waals surface area contributed by atoms with Gasteiger partial charge < -0.3 is 9.64 Å². The van der Waals surface area contributed by atoms with Crippen molar-refractivity contribution in [2.24, 2.45) is 0 Å². The van der Waals surface area contributed by atoms with Crippen molar-refractivity contribution in [3.05, 3.63) is 5.28 Å². The number of alkyl halides is 3. The highest BCUT2D eigenvalue weighted by molar-refractivity contribution is 6.28. The SMILES string of the molecule is CC(Oc1nc(Cl)nc(N(C)C)n1)C(F)(F)F. The van der Waals surface area contributed by atoms with Gasteiger partial charge in [0.25, 0.3) is 0 Å². The van der Waals surface area contributed by atoms with E-state index in [1.54, 1.807) is 14.1 Å². The quantitative estimate of drug-likeness (QED) is 0.840. The van der Waals surface area contributed by atoms with Crippen molar-refractivity contribution in [2.75, 3.05) is 19.0 Å². The molecule has 0 N–H and O–H groups in total. The number of nitrogens with zero attached hydrogens (tertiary/aromatic N) is 4. The van der Waals surface area contributed by atoms with Crippen molar-refractivity contribution >= 4 is 17.5 Å². The van der Waals surface area contributed by atoms with Crippen molar-refractivity contribution in [1.82, 2.24) is 15.0 Å². The zero-order chi connectivity index (χ0) is 13.2. The summed E-state index contributed by atoms with van der Waals surface area (Å²) in [6.45, 7) is 0.854. The molecule has 1 atom stereocenters. The maximum absolute atomic E-state index is 12.3. The monoisotopic (exact) mass is 270 g/mol. The summed E-state index contributed by atoms with van der Waals surface area (Å²) in [5.41, 5.74) is 0. The Morgan fingerprint density at radius 3 is 2.29 bits per heavy atom. The molecule has 1 heterocycles. The topological polar surface area (TPSA) is 51.1 Å². The largest absolute Gasteiger partial charge is 0.451 e. The first-order valence-electron chi connectivity index (χ1n) is 4.52. The van der Waals surface area contributed by atoms with Gasteiger partial charge in [-0.05, 0) is 18.5 Å². The molecular formula is C8H10ClF3N4O. The van der Waals surface area contributed by atoms with Gasteiger partial charge in [-0.15, -0.1) is 0 Å². The fraction of sp³-hybridized carbons (Fsp3) is 0.625. The summed E-state index contributed by atoms with van der Waals surface area (Å²) in [6, 6.07) is -0.460. The van der Waals surface area contributed by atoms with Gasteiger partial charge in [0, 0.05) is 14.1 Å². The van der Waals surface area contributed by atoms with E-state index in [0.29, 0.717) is 0 Å². The summed E-state index contributed by atoms with van der Waals surface area (Å²) in [5, 5.41) is -0.229. The number of rotatable bonds is 3. The first-order chi connectivity index (χ1) is 7.70. The smallest absolute Gasteiger partial charge is 0.425 e. The zero-order valence-corrected chi connectivity index (χ0v) is 10.0. The predicted octanol–water partition coefficient (Wildman–Crippen LogP) is 1.92. The Balaban J connectivity index is 2.92. The molecule has 17 heavy (non-hydrogen) atoms. The van der Waals surface area contributed by atoms with Crippen LogP contribution in [0, 0.1) is 0 Å². The highest BCUT2D eigenvalue weighted by atomic mass is 35.5. The maximum atomic E-state index is 12.3. The molecule has 1 aromatic heterocycles. The van der Waals surface area contributed by atoms with Crippen molar-refractivity contribution in [1.29, 1.82) is 0 Å².